The number of halogens is 1. The van der Waals surface area contributed by atoms with Gasteiger partial charge in [0.05, 0.1) is 0 Å². The van der Waals surface area contributed by atoms with Crippen LogP contribution in [0.3, 0.4) is 0 Å². The van der Waals surface area contributed by atoms with Gasteiger partial charge in [-0.3, -0.25) is 0 Å². The van der Waals surface area contributed by atoms with Crippen LogP contribution >= 0.6 is 0 Å². The van der Waals surface area contributed by atoms with E-state index in [9.17, 15) is 4.39 Å². The topological polar surface area (TPSA) is 25.0 Å². The zero-order valence-electron chi connectivity index (χ0n) is 10.8. The van der Waals surface area contributed by atoms with E-state index >= 15 is 0 Å². The maximum absolute atomic E-state index is 12.9. The van der Waals surface area contributed by atoms with E-state index in [4.69, 9.17) is 4.74 Å². The monoisotopic (exact) mass is 267 g/mol. The van der Waals surface area contributed by atoms with Gasteiger partial charge in [0.2, 0.25) is 0 Å². The van der Waals surface area contributed by atoms with Crippen molar-refractivity contribution in [3.05, 3.63) is 78.4 Å². The van der Waals surface area contributed by atoms with Gasteiger partial charge in [-0.15, -0.1) is 0 Å². The van der Waals surface area contributed by atoms with Crippen LogP contribution in [0.2, 0.25) is 0 Å². The van der Waals surface area contributed by atoms with Crippen LogP contribution in [0.25, 0.3) is 11.1 Å². The molecule has 2 aromatic carbocycles. The fourth-order valence-electron chi connectivity index (χ4n) is 2.00. The Labute approximate surface area is 116 Å². The van der Waals surface area contributed by atoms with E-state index in [0.29, 0.717) is 6.61 Å². The fourth-order valence-corrected chi connectivity index (χ4v) is 2.00. The molecule has 0 radical (unpaired) electrons. The first-order chi connectivity index (χ1) is 9.81. The number of aromatic nitrogens is 1. The van der Waals surface area contributed by atoms with Crippen LogP contribution in [0.5, 0.6) is 5.75 Å². The molecule has 0 aliphatic rings. The van der Waals surface area contributed by atoms with Gasteiger partial charge in [-0.25, -0.2) is 4.39 Å². The molecule has 0 aliphatic carbocycles. The fraction of sp³-hybridized carbons (Fsp3) is 0.0588. The summed E-state index contributed by atoms with van der Waals surface area (Å²) in [5.74, 6) is 0.595. The lowest BCUT2D eigenvalue weighted by molar-refractivity contribution is 0.306. The van der Waals surface area contributed by atoms with Crippen molar-refractivity contribution < 1.29 is 9.13 Å². The van der Waals surface area contributed by atoms with Gasteiger partial charge in [-0.2, -0.15) is 0 Å². The molecule has 100 valence electrons. The third-order valence-corrected chi connectivity index (χ3v) is 3.10. The lowest BCUT2D eigenvalue weighted by Gasteiger charge is -2.06. The van der Waals surface area contributed by atoms with Crippen molar-refractivity contribution in [2.45, 2.75) is 6.61 Å². The summed E-state index contributed by atoms with van der Waals surface area (Å²) in [7, 11) is 0. The molecule has 0 amide bonds. The highest BCUT2D eigenvalue weighted by Crippen LogP contribution is 2.23. The molecule has 2 nitrogen and oxygen atoms in total. The number of rotatable bonds is 4. The molecule has 0 atom stereocenters. The normalized spacial score (nSPS) is 10.4. The van der Waals surface area contributed by atoms with Gasteiger partial charge in [0.15, 0.2) is 0 Å². The smallest absolute Gasteiger partial charge is 0.123 e. The molecule has 0 saturated heterocycles. The summed E-state index contributed by atoms with van der Waals surface area (Å²) in [5, 5.41) is 0. The Morgan fingerprint density at radius 2 is 1.50 bits per heavy atom. The summed E-state index contributed by atoms with van der Waals surface area (Å²) in [5.41, 5.74) is 3.13. The van der Waals surface area contributed by atoms with E-state index in [-0.39, 0.29) is 5.82 Å². The van der Waals surface area contributed by atoms with Crippen LogP contribution in [-0.2, 0) is 6.61 Å². The standard InChI is InChI=1S/C17H14FNO/c18-16-5-1-14(2-6-16)15-3-7-17(8-4-15)20-12-13-9-10-19-11-13/h1-11,19H,12H2. The number of H-pyrrole nitrogens is 1. The zero-order valence-corrected chi connectivity index (χ0v) is 10.8. The van der Waals surface area contributed by atoms with Gasteiger partial charge >= 0.3 is 0 Å². The first kappa shape index (κ1) is 12.5. The third-order valence-electron chi connectivity index (χ3n) is 3.10. The molecule has 20 heavy (non-hydrogen) atoms. The average molecular weight is 267 g/mol. The molecule has 1 N–H and O–H groups in total. The molecular formula is C17H14FNO. The second-order valence-corrected chi connectivity index (χ2v) is 4.54. The molecule has 0 aliphatic heterocycles. The van der Waals surface area contributed by atoms with Crippen molar-refractivity contribution in [2.24, 2.45) is 0 Å². The van der Waals surface area contributed by atoms with Crippen molar-refractivity contribution >= 4 is 0 Å². The number of nitrogens with one attached hydrogen (secondary N) is 1. The second kappa shape index (κ2) is 5.61. The SMILES string of the molecule is Fc1ccc(-c2ccc(OCc3cc[nH]c3)cc2)cc1. The minimum Gasteiger partial charge on any atom is -0.489 e. The molecule has 1 heterocycles. The van der Waals surface area contributed by atoms with Crippen molar-refractivity contribution in [1.29, 1.82) is 0 Å². The molecule has 0 spiro atoms. The highest BCUT2D eigenvalue weighted by molar-refractivity contribution is 5.63. The van der Waals surface area contributed by atoms with E-state index in [1.54, 1.807) is 12.1 Å². The Bertz CT molecular complexity index is 657. The third kappa shape index (κ3) is 2.88. The average Bonchev–Trinajstić information content (AvgIpc) is 3.00. The second-order valence-electron chi connectivity index (χ2n) is 4.54. The van der Waals surface area contributed by atoms with Gasteiger partial charge in [0, 0.05) is 18.0 Å². The molecule has 0 fully saturated rings. The summed E-state index contributed by atoms with van der Waals surface area (Å²) in [6.07, 6.45) is 3.78. The van der Waals surface area contributed by atoms with Gasteiger partial charge in [0.1, 0.15) is 18.2 Å². The summed E-state index contributed by atoms with van der Waals surface area (Å²) in [6.45, 7) is 0.541. The quantitative estimate of drug-likeness (QED) is 0.744. The van der Waals surface area contributed by atoms with E-state index in [0.717, 1.165) is 22.4 Å². The summed E-state index contributed by atoms with van der Waals surface area (Å²) in [6, 6.07) is 16.2. The lowest BCUT2D eigenvalue weighted by Crippen LogP contribution is -1.93. The number of aromatic amines is 1. The number of benzene rings is 2. The van der Waals surface area contributed by atoms with Gasteiger partial charge < -0.3 is 9.72 Å². The zero-order chi connectivity index (χ0) is 13.8. The molecule has 3 heteroatoms. The Hall–Kier alpha value is -2.55. The molecule has 1 aromatic heterocycles. The predicted molar refractivity (Wildman–Crippen MR) is 77.0 cm³/mol. The van der Waals surface area contributed by atoms with Crippen LogP contribution in [-0.4, -0.2) is 4.98 Å². The number of hydrogen-bond donors (Lipinski definition) is 1. The van der Waals surface area contributed by atoms with Crippen molar-refractivity contribution in [1.82, 2.24) is 4.98 Å². The van der Waals surface area contributed by atoms with Gasteiger partial charge in [0.25, 0.3) is 0 Å². The molecular weight excluding hydrogens is 253 g/mol. The Balaban J connectivity index is 1.69. The summed E-state index contributed by atoms with van der Waals surface area (Å²) < 4.78 is 18.6. The molecule has 0 saturated carbocycles. The van der Waals surface area contributed by atoms with Crippen molar-refractivity contribution in [2.75, 3.05) is 0 Å². The van der Waals surface area contributed by atoms with Crippen LogP contribution in [0.15, 0.2) is 67.0 Å². The molecule has 0 unspecified atom stereocenters. The largest absolute Gasteiger partial charge is 0.489 e. The summed E-state index contributed by atoms with van der Waals surface area (Å²) in [4.78, 5) is 2.99. The Morgan fingerprint density at radius 1 is 0.850 bits per heavy atom. The maximum atomic E-state index is 12.9. The summed E-state index contributed by atoms with van der Waals surface area (Å²) >= 11 is 0. The minimum absolute atomic E-state index is 0.222. The molecule has 0 bridgehead atoms. The van der Waals surface area contributed by atoms with Gasteiger partial charge in [-0.1, -0.05) is 24.3 Å². The number of ether oxygens (including phenoxy) is 1. The highest BCUT2D eigenvalue weighted by Gasteiger charge is 2.00. The van der Waals surface area contributed by atoms with E-state index in [1.165, 1.54) is 12.1 Å². The van der Waals surface area contributed by atoms with Crippen LogP contribution < -0.4 is 4.74 Å². The highest BCUT2D eigenvalue weighted by atomic mass is 19.1. The van der Waals surface area contributed by atoms with Crippen LogP contribution in [0.1, 0.15) is 5.56 Å². The predicted octanol–water partition coefficient (Wildman–Crippen LogP) is 4.40. The van der Waals surface area contributed by atoms with Crippen LogP contribution in [0, 0.1) is 5.82 Å². The van der Waals surface area contributed by atoms with E-state index in [1.807, 2.05) is 42.7 Å². The Kier molecular flexibility index (Phi) is 3.50. The maximum Gasteiger partial charge on any atom is 0.123 e. The van der Waals surface area contributed by atoms with Crippen molar-refractivity contribution in [3.8, 4) is 16.9 Å². The first-order valence-electron chi connectivity index (χ1n) is 6.42. The van der Waals surface area contributed by atoms with E-state index in [2.05, 4.69) is 4.98 Å². The van der Waals surface area contributed by atoms with Crippen molar-refractivity contribution in [3.63, 3.8) is 0 Å². The molecule has 3 rings (SSSR count). The first-order valence-corrected chi connectivity index (χ1v) is 6.42. The lowest BCUT2D eigenvalue weighted by atomic mass is 10.1. The number of hydrogen-bond acceptors (Lipinski definition) is 1. The van der Waals surface area contributed by atoms with Gasteiger partial charge in [-0.05, 0) is 41.5 Å². The molecule has 3 aromatic rings. The minimum atomic E-state index is -0.222. The Morgan fingerprint density at radius 3 is 2.10 bits per heavy atom. The van der Waals surface area contributed by atoms with Crippen LogP contribution in [0.4, 0.5) is 4.39 Å². The van der Waals surface area contributed by atoms with E-state index < -0.39 is 0 Å².